The molecule has 25 heavy (non-hydrogen) atoms. The summed E-state index contributed by atoms with van der Waals surface area (Å²) in [6, 6.07) is 1.74. The molecular weight excluding hydrogens is 320 g/mol. The average Bonchev–Trinajstić information content (AvgIpc) is 3.12. The molecule has 0 radical (unpaired) electrons. The topological polar surface area (TPSA) is 89.1 Å². The Kier molecular flexibility index (Phi) is 5.17. The van der Waals surface area contributed by atoms with Gasteiger partial charge in [-0.2, -0.15) is 5.10 Å². The molecule has 0 bridgehead atoms. The van der Waals surface area contributed by atoms with Crippen LogP contribution in [0.15, 0.2) is 10.6 Å². The van der Waals surface area contributed by atoms with E-state index in [1.807, 2.05) is 32.4 Å². The molecule has 0 aliphatic carbocycles. The summed E-state index contributed by atoms with van der Waals surface area (Å²) in [4.78, 5) is 19.3. The molecule has 1 aliphatic heterocycles. The van der Waals surface area contributed by atoms with E-state index in [1.54, 1.807) is 6.07 Å². The molecule has 0 aromatic carbocycles. The number of nitrogens with zero attached hydrogens (tertiary/aromatic N) is 5. The number of anilines is 1. The predicted molar refractivity (Wildman–Crippen MR) is 93.2 cm³/mol. The lowest BCUT2D eigenvalue weighted by Crippen LogP contribution is -2.51. The zero-order chi connectivity index (χ0) is 18.0. The first-order chi connectivity index (χ1) is 11.9. The minimum absolute atomic E-state index is 0.0745. The Balaban J connectivity index is 1.68. The molecule has 2 aromatic rings. The van der Waals surface area contributed by atoms with Gasteiger partial charge in [-0.05, 0) is 47.1 Å². The van der Waals surface area contributed by atoms with Gasteiger partial charge in [-0.1, -0.05) is 11.6 Å². The van der Waals surface area contributed by atoms with Gasteiger partial charge in [0.05, 0.1) is 18.3 Å². The Morgan fingerprint density at radius 2 is 2.20 bits per heavy atom. The highest BCUT2D eigenvalue weighted by Gasteiger charge is 2.31. The molecule has 1 saturated heterocycles. The number of hydrogen-bond donors (Lipinski definition) is 1. The molecule has 0 unspecified atom stereocenters. The van der Waals surface area contributed by atoms with Crippen LogP contribution in [0.1, 0.15) is 43.5 Å². The van der Waals surface area contributed by atoms with E-state index in [-0.39, 0.29) is 18.0 Å². The number of carbonyl (C=O) groups is 1. The molecule has 3 heterocycles. The number of piperidine rings is 1. The maximum absolute atomic E-state index is 12.6. The van der Waals surface area contributed by atoms with Crippen molar-refractivity contribution in [3.8, 4) is 0 Å². The first-order valence-corrected chi connectivity index (χ1v) is 8.82. The van der Waals surface area contributed by atoms with Crippen molar-refractivity contribution in [2.24, 2.45) is 0 Å². The smallest absolute Gasteiger partial charge is 0.243 e. The summed E-state index contributed by atoms with van der Waals surface area (Å²) in [5.41, 5.74) is 0.746. The Morgan fingerprint density at radius 3 is 2.84 bits per heavy atom. The minimum Gasteiger partial charge on any atom is -0.338 e. The van der Waals surface area contributed by atoms with Crippen LogP contribution in [0, 0.1) is 20.8 Å². The third-order valence-electron chi connectivity index (χ3n) is 4.77. The first-order valence-electron chi connectivity index (χ1n) is 8.82. The number of amides is 1. The summed E-state index contributed by atoms with van der Waals surface area (Å²) in [6.45, 7) is 9.29. The lowest BCUT2D eigenvalue weighted by molar-refractivity contribution is -0.122. The van der Waals surface area contributed by atoms with Gasteiger partial charge in [0, 0.05) is 12.1 Å². The lowest BCUT2D eigenvalue weighted by atomic mass is 9.99. The van der Waals surface area contributed by atoms with Crippen molar-refractivity contribution in [1.29, 1.82) is 0 Å². The fraction of sp³-hybridized carbons (Fsp3) is 0.647. The van der Waals surface area contributed by atoms with E-state index in [2.05, 4.69) is 25.5 Å². The van der Waals surface area contributed by atoms with E-state index in [0.717, 1.165) is 43.3 Å². The van der Waals surface area contributed by atoms with Gasteiger partial charge in [0.2, 0.25) is 11.8 Å². The third kappa shape index (κ3) is 4.07. The van der Waals surface area contributed by atoms with E-state index in [4.69, 9.17) is 4.52 Å². The van der Waals surface area contributed by atoms with E-state index >= 15 is 0 Å². The highest BCUT2D eigenvalue weighted by molar-refractivity contribution is 5.93. The highest BCUT2D eigenvalue weighted by atomic mass is 16.5. The number of nitrogens with one attached hydrogen (secondary N) is 1. The van der Waals surface area contributed by atoms with E-state index in [1.165, 1.54) is 6.42 Å². The van der Waals surface area contributed by atoms with Crippen LogP contribution >= 0.6 is 0 Å². The molecule has 8 nitrogen and oxygen atoms in total. The standard InChI is InChI=1S/C17H26N6O2/c1-11-9-16(25-21-11)19-17(24)12(2)22-8-6-5-7-15(22)10-23-14(4)18-13(3)20-23/h9,12,15H,5-8,10H2,1-4H3,(H,19,24)/t12-,15-/m1/s1. The van der Waals surface area contributed by atoms with Crippen LogP contribution in [-0.2, 0) is 11.3 Å². The number of hydrogen-bond acceptors (Lipinski definition) is 6. The van der Waals surface area contributed by atoms with Crippen molar-refractivity contribution in [3.05, 3.63) is 23.4 Å². The SMILES string of the molecule is Cc1cc(NC(=O)[C@@H](C)N2CCCC[C@@H]2Cn2nc(C)nc2C)on1. The van der Waals surface area contributed by atoms with Gasteiger partial charge < -0.3 is 4.52 Å². The lowest BCUT2D eigenvalue weighted by Gasteiger charge is -2.39. The molecule has 2 atom stereocenters. The molecule has 1 fully saturated rings. The predicted octanol–water partition coefficient (Wildman–Crippen LogP) is 2.07. The number of aryl methyl sites for hydroxylation is 3. The second kappa shape index (κ2) is 7.35. The number of carbonyl (C=O) groups excluding carboxylic acids is 1. The van der Waals surface area contributed by atoms with Crippen molar-refractivity contribution >= 4 is 11.8 Å². The second-order valence-electron chi connectivity index (χ2n) is 6.77. The van der Waals surface area contributed by atoms with Crippen LogP contribution < -0.4 is 5.32 Å². The first kappa shape index (κ1) is 17.6. The minimum atomic E-state index is -0.249. The normalized spacial score (nSPS) is 19.8. The summed E-state index contributed by atoms with van der Waals surface area (Å²) in [6.07, 6.45) is 3.33. The molecule has 8 heteroatoms. The Labute approximate surface area is 147 Å². The van der Waals surface area contributed by atoms with Gasteiger partial charge in [-0.3, -0.25) is 15.0 Å². The quantitative estimate of drug-likeness (QED) is 0.891. The van der Waals surface area contributed by atoms with E-state index in [9.17, 15) is 4.79 Å². The van der Waals surface area contributed by atoms with Crippen LogP contribution in [0.3, 0.4) is 0 Å². The van der Waals surface area contributed by atoms with Gasteiger partial charge in [-0.15, -0.1) is 0 Å². The summed E-state index contributed by atoms with van der Waals surface area (Å²) in [7, 11) is 0. The van der Waals surface area contributed by atoms with Crippen LogP contribution in [0.25, 0.3) is 0 Å². The zero-order valence-corrected chi connectivity index (χ0v) is 15.3. The third-order valence-corrected chi connectivity index (χ3v) is 4.77. The van der Waals surface area contributed by atoms with Crippen LogP contribution in [0.4, 0.5) is 5.88 Å². The summed E-state index contributed by atoms with van der Waals surface area (Å²) in [5, 5.41) is 11.1. The monoisotopic (exact) mass is 346 g/mol. The van der Waals surface area contributed by atoms with Gasteiger partial charge in [0.25, 0.3) is 0 Å². The van der Waals surface area contributed by atoms with Crippen molar-refractivity contribution in [3.63, 3.8) is 0 Å². The molecule has 1 aliphatic rings. The zero-order valence-electron chi connectivity index (χ0n) is 15.3. The van der Waals surface area contributed by atoms with E-state index in [0.29, 0.717) is 5.88 Å². The fourth-order valence-electron chi connectivity index (χ4n) is 3.46. The maximum atomic E-state index is 12.6. The van der Waals surface area contributed by atoms with Crippen molar-refractivity contribution in [2.45, 2.75) is 65.6 Å². The van der Waals surface area contributed by atoms with Gasteiger partial charge >= 0.3 is 0 Å². The number of rotatable bonds is 5. The van der Waals surface area contributed by atoms with Gasteiger partial charge in [0.1, 0.15) is 11.6 Å². The molecule has 2 aromatic heterocycles. The summed E-state index contributed by atoms with van der Waals surface area (Å²) in [5.74, 6) is 2.02. The number of aromatic nitrogens is 4. The van der Waals surface area contributed by atoms with Gasteiger partial charge in [0.15, 0.2) is 0 Å². The molecule has 1 N–H and O–H groups in total. The van der Waals surface area contributed by atoms with Crippen LogP contribution in [0.2, 0.25) is 0 Å². The largest absolute Gasteiger partial charge is 0.338 e. The average molecular weight is 346 g/mol. The van der Waals surface area contributed by atoms with Crippen molar-refractivity contribution in [1.82, 2.24) is 24.8 Å². The van der Waals surface area contributed by atoms with Crippen LogP contribution in [-0.4, -0.2) is 49.4 Å². The maximum Gasteiger partial charge on any atom is 0.243 e. The Morgan fingerprint density at radius 1 is 1.40 bits per heavy atom. The molecule has 136 valence electrons. The Bertz CT molecular complexity index is 737. The van der Waals surface area contributed by atoms with E-state index < -0.39 is 0 Å². The molecule has 0 saturated carbocycles. The van der Waals surface area contributed by atoms with Crippen molar-refractivity contribution < 1.29 is 9.32 Å². The number of likely N-dealkylation sites (tertiary alicyclic amines) is 1. The highest BCUT2D eigenvalue weighted by Crippen LogP contribution is 2.22. The van der Waals surface area contributed by atoms with Crippen LogP contribution in [0.5, 0.6) is 0 Å². The Hall–Kier alpha value is -2.22. The molecule has 3 rings (SSSR count). The fourth-order valence-corrected chi connectivity index (χ4v) is 3.46. The van der Waals surface area contributed by atoms with Crippen molar-refractivity contribution in [2.75, 3.05) is 11.9 Å². The molecule has 1 amide bonds. The summed E-state index contributed by atoms with van der Waals surface area (Å²) < 4.78 is 7.04. The summed E-state index contributed by atoms with van der Waals surface area (Å²) >= 11 is 0. The second-order valence-corrected chi connectivity index (χ2v) is 6.77. The van der Waals surface area contributed by atoms with Gasteiger partial charge in [-0.25, -0.2) is 9.67 Å². The molecular formula is C17H26N6O2. The molecule has 0 spiro atoms.